The van der Waals surface area contributed by atoms with Gasteiger partial charge in [0.05, 0.1) is 18.8 Å². The lowest BCUT2D eigenvalue weighted by Gasteiger charge is -2.29. The number of anilines is 1. The Morgan fingerprint density at radius 1 is 1.10 bits per heavy atom. The SMILES string of the molecule is O=C(c1ccc(N2CCOCC2)cc1O)N1CCCC1. The number of carbonyl (C=O) groups excluding carboxylic acids is 1. The minimum atomic E-state index is -0.0615. The lowest BCUT2D eigenvalue weighted by molar-refractivity contribution is 0.0790. The Kier molecular flexibility index (Phi) is 3.78. The molecule has 0 unspecified atom stereocenters. The zero-order valence-corrected chi connectivity index (χ0v) is 11.5. The summed E-state index contributed by atoms with van der Waals surface area (Å²) >= 11 is 0. The second kappa shape index (κ2) is 5.71. The van der Waals surface area contributed by atoms with E-state index in [2.05, 4.69) is 4.90 Å². The number of carbonyl (C=O) groups is 1. The molecule has 1 amide bonds. The molecule has 2 heterocycles. The second-order valence-electron chi connectivity index (χ2n) is 5.30. The molecule has 20 heavy (non-hydrogen) atoms. The van der Waals surface area contributed by atoms with Gasteiger partial charge in [0.25, 0.3) is 5.91 Å². The Hall–Kier alpha value is -1.75. The van der Waals surface area contributed by atoms with Crippen LogP contribution in [0.3, 0.4) is 0 Å². The lowest BCUT2D eigenvalue weighted by Crippen LogP contribution is -2.36. The Bertz CT molecular complexity index is 492. The van der Waals surface area contributed by atoms with Crippen molar-refractivity contribution in [3.63, 3.8) is 0 Å². The highest BCUT2D eigenvalue weighted by molar-refractivity contribution is 5.97. The van der Waals surface area contributed by atoms with Crippen molar-refractivity contribution in [2.24, 2.45) is 0 Å². The van der Waals surface area contributed by atoms with Gasteiger partial charge in [0, 0.05) is 37.9 Å². The number of hydrogen-bond acceptors (Lipinski definition) is 4. The number of nitrogens with zero attached hydrogens (tertiary/aromatic N) is 2. The van der Waals surface area contributed by atoms with Crippen LogP contribution in [-0.4, -0.2) is 55.3 Å². The number of ether oxygens (including phenoxy) is 1. The highest BCUT2D eigenvalue weighted by Gasteiger charge is 2.22. The number of phenolic OH excluding ortho intramolecular Hbond substituents is 1. The summed E-state index contributed by atoms with van der Waals surface area (Å²) in [6.45, 7) is 4.63. The molecule has 0 radical (unpaired) electrons. The van der Waals surface area contributed by atoms with Crippen molar-refractivity contribution in [1.29, 1.82) is 0 Å². The van der Waals surface area contributed by atoms with Crippen molar-refractivity contribution < 1.29 is 14.6 Å². The molecule has 3 rings (SSSR count). The maximum atomic E-state index is 12.3. The molecule has 5 heteroatoms. The van der Waals surface area contributed by atoms with Crippen LogP contribution in [0.25, 0.3) is 0 Å². The van der Waals surface area contributed by atoms with Crippen LogP contribution in [-0.2, 0) is 4.74 Å². The summed E-state index contributed by atoms with van der Waals surface area (Å²) in [7, 11) is 0. The van der Waals surface area contributed by atoms with Crippen molar-refractivity contribution in [2.45, 2.75) is 12.8 Å². The average molecular weight is 276 g/mol. The molecule has 1 N–H and O–H groups in total. The van der Waals surface area contributed by atoms with Gasteiger partial charge >= 0.3 is 0 Å². The van der Waals surface area contributed by atoms with E-state index in [1.807, 2.05) is 11.0 Å². The first-order chi connectivity index (χ1) is 9.75. The monoisotopic (exact) mass is 276 g/mol. The van der Waals surface area contributed by atoms with Crippen LogP contribution in [0.4, 0.5) is 5.69 Å². The topological polar surface area (TPSA) is 53.0 Å². The van der Waals surface area contributed by atoms with Crippen molar-refractivity contribution >= 4 is 11.6 Å². The molecule has 5 nitrogen and oxygen atoms in total. The fourth-order valence-electron chi connectivity index (χ4n) is 2.81. The van der Waals surface area contributed by atoms with E-state index in [0.29, 0.717) is 18.8 Å². The Morgan fingerprint density at radius 2 is 1.80 bits per heavy atom. The van der Waals surface area contributed by atoms with Gasteiger partial charge in [0.1, 0.15) is 5.75 Å². The van der Waals surface area contributed by atoms with E-state index < -0.39 is 0 Å². The van der Waals surface area contributed by atoms with E-state index in [0.717, 1.165) is 44.7 Å². The fraction of sp³-hybridized carbons (Fsp3) is 0.533. The van der Waals surface area contributed by atoms with E-state index in [4.69, 9.17) is 4.74 Å². The fourth-order valence-corrected chi connectivity index (χ4v) is 2.81. The molecular weight excluding hydrogens is 256 g/mol. The molecule has 0 bridgehead atoms. The first-order valence-electron chi connectivity index (χ1n) is 7.21. The summed E-state index contributed by atoms with van der Waals surface area (Å²) < 4.78 is 5.32. The molecule has 2 fully saturated rings. The molecule has 0 aliphatic carbocycles. The molecule has 0 atom stereocenters. The predicted molar refractivity (Wildman–Crippen MR) is 76.3 cm³/mol. The molecule has 0 aromatic heterocycles. The molecular formula is C15H20N2O3. The first-order valence-corrected chi connectivity index (χ1v) is 7.21. The summed E-state index contributed by atoms with van der Waals surface area (Å²) in [5, 5.41) is 10.1. The highest BCUT2D eigenvalue weighted by atomic mass is 16.5. The number of hydrogen-bond donors (Lipinski definition) is 1. The van der Waals surface area contributed by atoms with Crippen molar-refractivity contribution in [3.05, 3.63) is 23.8 Å². The van der Waals surface area contributed by atoms with Crippen LogP contribution < -0.4 is 4.90 Å². The number of morpholine rings is 1. The highest BCUT2D eigenvalue weighted by Crippen LogP contribution is 2.27. The number of rotatable bonds is 2. The number of benzene rings is 1. The van der Waals surface area contributed by atoms with Crippen molar-refractivity contribution in [3.8, 4) is 5.75 Å². The van der Waals surface area contributed by atoms with Gasteiger partial charge < -0.3 is 19.6 Å². The summed E-state index contributed by atoms with van der Waals surface area (Å²) in [6.07, 6.45) is 2.11. The van der Waals surface area contributed by atoms with Crippen molar-refractivity contribution in [1.82, 2.24) is 4.90 Å². The maximum absolute atomic E-state index is 12.3. The first kappa shape index (κ1) is 13.2. The van der Waals surface area contributed by atoms with Gasteiger partial charge in [0.15, 0.2) is 0 Å². The van der Waals surface area contributed by atoms with Crippen molar-refractivity contribution in [2.75, 3.05) is 44.3 Å². The third-order valence-electron chi connectivity index (χ3n) is 3.98. The van der Waals surface area contributed by atoms with Gasteiger partial charge in [-0.2, -0.15) is 0 Å². The van der Waals surface area contributed by atoms with E-state index in [-0.39, 0.29) is 11.7 Å². The largest absolute Gasteiger partial charge is 0.507 e. The minimum Gasteiger partial charge on any atom is -0.507 e. The number of amides is 1. The van der Waals surface area contributed by atoms with Gasteiger partial charge in [0.2, 0.25) is 0 Å². The van der Waals surface area contributed by atoms with Gasteiger partial charge in [-0.05, 0) is 25.0 Å². The van der Waals surface area contributed by atoms with E-state index in [1.165, 1.54) is 0 Å². The van der Waals surface area contributed by atoms with Crippen LogP contribution in [0.5, 0.6) is 5.75 Å². The Labute approximate surface area is 118 Å². The standard InChI is InChI=1S/C15H20N2O3/c18-14-11-12(16-7-9-20-10-8-16)3-4-13(14)15(19)17-5-1-2-6-17/h3-4,11,18H,1-2,5-10H2. The van der Waals surface area contributed by atoms with Crippen LogP contribution >= 0.6 is 0 Å². The van der Waals surface area contributed by atoms with Crippen LogP contribution in [0.1, 0.15) is 23.2 Å². The van der Waals surface area contributed by atoms with Gasteiger partial charge in [-0.15, -0.1) is 0 Å². The molecule has 1 aromatic rings. The van der Waals surface area contributed by atoms with E-state index in [9.17, 15) is 9.90 Å². The zero-order chi connectivity index (χ0) is 13.9. The lowest BCUT2D eigenvalue weighted by atomic mass is 10.1. The molecule has 1 aromatic carbocycles. The molecule has 2 aliphatic rings. The van der Waals surface area contributed by atoms with Crippen LogP contribution in [0.15, 0.2) is 18.2 Å². The van der Waals surface area contributed by atoms with E-state index >= 15 is 0 Å². The zero-order valence-electron chi connectivity index (χ0n) is 11.5. The minimum absolute atomic E-state index is 0.0615. The third-order valence-corrected chi connectivity index (χ3v) is 3.98. The smallest absolute Gasteiger partial charge is 0.257 e. The van der Waals surface area contributed by atoms with Gasteiger partial charge in [-0.25, -0.2) is 0 Å². The molecule has 0 saturated carbocycles. The number of phenols is 1. The summed E-state index contributed by atoms with van der Waals surface area (Å²) in [5.74, 6) is 0.0134. The van der Waals surface area contributed by atoms with Gasteiger partial charge in [-0.3, -0.25) is 4.79 Å². The Balaban J connectivity index is 1.78. The number of aromatic hydroxyl groups is 1. The summed E-state index contributed by atoms with van der Waals surface area (Å²) in [5.41, 5.74) is 1.35. The third kappa shape index (κ3) is 2.58. The quantitative estimate of drug-likeness (QED) is 0.888. The maximum Gasteiger partial charge on any atom is 0.257 e. The summed E-state index contributed by atoms with van der Waals surface area (Å²) in [6, 6.07) is 5.34. The van der Waals surface area contributed by atoms with E-state index in [1.54, 1.807) is 12.1 Å². The number of likely N-dealkylation sites (tertiary alicyclic amines) is 1. The molecule has 108 valence electrons. The average Bonchev–Trinajstić information content (AvgIpc) is 3.01. The predicted octanol–water partition coefficient (Wildman–Crippen LogP) is 1.46. The van der Waals surface area contributed by atoms with Crippen LogP contribution in [0, 0.1) is 0 Å². The summed E-state index contributed by atoms with van der Waals surface area (Å²) in [4.78, 5) is 16.3. The van der Waals surface area contributed by atoms with Crippen LogP contribution in [0.2, 0.25) is 0 Å². The molecule has 0 spiro atoms. The molecule has 2 aliphatic heterocycles. The van der Waals surface area contributed by atoms with Gasteiger partial charge in [-0.1, -0.05) is 0 Å². The Morgan fingerprint density at radius 3 is 2.45 bits per heavy atom. The second-order valence-corrected chi connectivity index (χ2v) is 5.30. The molecule has 2 saturated heterocycles. The normalized spacial score (nSPS) is 19.4.